The molecule has 0 aliphatic heterocycles. The molecule has 0 heterocycles. The highest BCUT2D eigenvalue weighted by molar-refractivity contribution is 9.10. The summed E-state index contributed by atoms with van der Waals surface area (Å²) in [5, 5.41) is 0. The zero-order valence-corrected chi connectivity index (χ0v) is 11.9. The Balaban J connectivity index is 2.71. The van der Waals surface area contributed by atoms with E-state index < -0.39 is 5.91 Å². The minimum atomic E-state index is -0.400. The topological polar surface area (TPSA) is 63.4 Å². The Hall–Kier alpha value is -1.36. The highest BCUT2D eigenvalue weighted by atomic mass is 79.9. The molecule has 1 atom stereocenters. The van der Waals surface area contributed by atoms with E-state index in [4.69, 9.17) is 5.73 Å². The summed E-state index contributed by atoms with van der Waals surface area (Å²) in [5.41, 5.74) is 6.15. The van der Waals surface area contributed by atoms with Crippen LogP contribution in [0.15, 0.2) is 30.3 Å². The number of hydrogen-bond donors (Lipinski definition) is 1. The highest BCUT2D eigenvalue weighted by Crippen LogP contribution is 2.10. The Morgan fingerprint density at radius 3 is 2.44 bits per heavy atom. The first-order valence-corrected chi connectivity index (χ1v) is 6.67. The lowest BCUT2D eigenvalue weighted by Gasteiger charge is -2.23. The second-order valence-corrected chi connectivity index (χ2v) is 5.45. The summed E-state index contributed by atoms with van der Waals surface area (Å²) in [5.74, 6) is -0.441. The summed E-state index contributed by atoms with van der Waals surface area (Å²) >= 11 is 3.25. The fraction of sp³-hybridized carbons (Fsp3) is 0.385. The molecule has 0 spiro atoms. The van der Waals surface area contributed by atoms with Crippen molar-refractivity contribution in [2.24, 2.45) is 5.73 Å². The molecular formula is C13H17BrN2O2. The molecular weight excluding hydrogens is 296 g/mol. The maximum Gasteiger partial charge on any atom is 0.236 e. The number of nitrogens with zero attached hydrogens (tertiary/aromatic N) is 1. The Bertz CT molecular complexity index is 407. The number of carbonyl (C=O) groups is 2. The Morgan fingerprint density at radius 2 is 1.94 bits per heavy atom. The van der Waals surface area contributed by atoms with E-state index in [0.29, 0.717) is 13.1 Å². The van der Waals surface area contributed by atoms with Crippen molar-refractivity contribution in [2.75, 3.05) is 6.54 Å². The Kier molecular flexibility index (Phi) is 5.85. The van der Waals surface area contributed by atoms with Gasteiger partial charge in [-0.3, -0.25) is 9.59 Å². The zero-order valence-electron chi connectivity index (χ0n) is 10.3. The van der Waals surface area contributed by atoms with Gasteiger partial charge in [-0.2, -0.15) is 0 Å². The van der Waals surface area contributed by atoms with E-state index >= 15 is 0 Å². The monoisotopic (exact) mass is 312 g/mol. The second-order valence-electron chi connectivity index (χ2n) is 4.08. The molecule has 1 aromatic carbocycles. The van der Waals surface area contributed by atoms with Gasteiger partial charge in [-0.1, -0.05) is 46.3 Å². The molecule has 0 aliphatic rings. The summed E-state index contributed by atoms with van der Waals surface area (Å²) in [6.07, 6.45) is 0.179. The van der Waals surface area contributed by atoms with Gasteiger partial charge >= 0.3 is 0 Å². The van der Waals surface area contributed by atoms with E-state index in [0.717, 1.165) is 5.56 Å². The van der Waals surface area contributed by atoms with Crippen molar-refractivity contribution < 1.29 is 9.59 Å². The van der Waals surface area contributed by atoms with E-state index in [2.05, 4.69) is 15.9 Å². The standard InChI is InChI=1S/C13H17BrN2O2/c1-10(14)13(18)16(8-7-12(15)17)9-11-5-3-2-4-6-11/h2-6,10H,7-9H2,1H3,(H2,15,17). The average Bonchev–Trinajstić information content (AvgIpc) is 2.34. The van der Waals surface area contributed by atoms with Crippen molar-refractivity contribution in [3.05, 3.63) is 35.9 Å². The molecule has 98 valence electrons. The number of hydrogen-bond acceptors (Lipinski definition) is 2. The van der Waals surface area contributed by atoms with Gasteiger partial charge in [0.15, 0.2) is 0 Å². The van der Waals surface area contributed by atoms with E-state index in [1.54, 1.807) is 11.8 Å². The molecule has 18 heavy (non-hydrogen) atoms. The van der Waals surface area contributed by atoms with Crippen LogP contribution in [0.1, 0.15) is 18.9 Å². The number of rotatable bonds is 6. The average molecular weight is 313 g/mol. The molecule has 2 N–H and O–H groups in total. The van der Waals surface area contributed by atoms with Gasteiger partial charge in [0, 0.05) is 19.5 Å². The molecule has 0 aromatic heterocycles. The SMILES string of the molecule is CC(Br)C(=O)N(CCC(N)=O)Cc1ccccc1. The summed E-state index contributed by atoms with van der Waals surface area (Å²) < 4.78 is 0. The Labute approximate surface area is 115 Å². The Morgan fingerprint density at radius 1 is 1.33 bits per heavy atom. The lowest BCUT2D eigenvalue weighted by atomic mass is 10.2. The van der Waals surface area contributed by atoms with Crippen molar-refractivity contribution in [3.63, 3.8) is 0 Å². The second kappa shape index (κ2) is 7.16. The third kappa shape index (κ3) is 4.87. The van der Waals surface area contributed by atoms with Crippen molar-refractivity contribution in [1.82, 2.24) is 4.90 Å². The molecule has 0 saturated carbocycles. The van der Waals surface area contributed by atoms with E-state index in [9.17, 15) is 9.59 Å². The number of nitrogens with two attached hydrogens (primary N) is 1. The first-order chi connectivity index (χ1) is 8.50. The summed E-state index contributed by atoms with van der Waals surface area (Å²) in [6, 6.07) is 9.66. The van der Waals surface area contributed by atoms with Crippen LogP contribution in [0.5, 0.6) is 0 Å². The number of alkyl halides is 1. The van der Waals surface area contributed by atoms with Crippen LogP contribution in [0.3, 0.4) is 0 Å². The predicted molar refractivity (Wildman–Crippen MR) is 74.1 cm³/mol. The largest absolute Gasteiger partial charge is 0.370 e. The lowest BCUT2D eigenvalue weighted by Crippen LogP contribution is -2.37. The van der Waals surface area contributed by atoms with Gasteiger partial charge in [-0.15, -0.1) is 0 Å². The maximum absolute atomic E-state index is 12.0. The molecule has 0 radical (unpaired) electrons. The molecule has 1 rings (SSSR count). The molecule has 0 saturated heterocycles. The van der Waals surface area contributed by atoms with Crippen molar-refractivity contribution in [1.29, 1.82) is 0 Å². The van der Waals surface area contributed by atoms with Crippen LogP contribution in [0, 0.1) is 0 Å². The van der Waals surface area contributed by atoms with Crippen LogP contribution in [-0.2, 0) is 16.1 Å². The fourth-order valence-electron chi connectivity index (χ4n) is 1.57. The van der Waals surface area contributed by atoms with Gasteiger partial charge in [0.1, 0.15) is 0 Å². The smallest absolute Gasteiger partial charge is 0.236 e. The van der Waals surface area contributed by atoms with E-state index in [-0.39, 0.29) is 17.2 Å². The van der Waals surface area contributed by atoms with Gasteiger partial charge in [0.25, 0.3) is 0 Å². The summed E-state index contributed by atoms with van der Waals surface area (Å²) in [4.78, 5) is 24.2. The van der Waals surface area contributed by atoms with Crippen molar-refractivity contribution in [2.45, 2.75) is 24.7 Å². The van der Waals surface area contributed by atoms with Gasteiger partial charge in [0.05, 0.1) is 4.83 Å². The maximum atomic E-state index is 12.0. The quantitative estimate of drug-likeness (QED) is 0.812. The van der Waals surface area contributed by atoms with Gasteiger partial charge in [-0.25, -0.2) is 0 Å². The summed E-state index contributed by atoms with van der Waals surface area (Å²) in [6.45, 7) is 2.60. The van der Waals surface area contributed by atoms with Crippen LogP contribution >= 0.6 is 15.9 Å². The van der Waals surface area contributed by atoms with E-state index in [1.807, 2.05) is 30.3 Å². The minimum absolute atomic E-state index is 0.0416. The zero-order chi connectivity index (χ0) is 13.5. The van der Waals surface area contributed by atoms with Gasteiger partial charge in [0.2, 0.25) is 11.8 Å². The molecule has 2 amide bonds. The molecule has 0 fully saturated rings. The van der Waals surface area contributed by atoms with Gasteiger partial charge in [-0.05, 0) is 12.5 Å². The highest BCUT2D eigenvalue weighted by Gasteiger charge is 2.18. The van der Waals surface area contributed by atoms with Gasteiger partial charge < -0.3 is 10.6 Å². The predicted octanol–water partition coefficient (Wildman–Crippen LogP) is 1.67. The number of primary amides is 1. The van der Waals surface area contributed by atoms with Crippen LogP contribution in [0.4, 0.5) is 0 Å². The number of amides is 2. The molecule has 1 unspecified atom stereocenters. The first-order valence-electron chi connectivity index (χ1n) is 5.76. The third-order valence-corrected chi connectivity index (χ3v) is 2.89. The molecule has 4 nitrogen and oxygen atoms in total. The number of benzene rings is 1. The first kappa shape index (κ1) is 14.7. The van der Waals surface area contributed by atoms with Crippen molar-refractivity contribution >= 4 is 27.7 Å². The normalized spacial score (nSPS) is 11.9. The van der Waals surface area contributed by atoms with Crippen molar-refractivity contribution in [3.8, 4) is 0 Å². The molecule has 0 bridgehead atoms. The number of carbonyl (C=O) groups excluding carboxylic acids is 2. The van der Waals surface area contributed by atoms with Crippen LogP contribution in [0.2, 0.25) is 0 Å². The van der Waals surface area contributed by atoms with E-state index in [1.165, 1.54) is 0 Å². The van der Waals surface area contributed by atoms with Crippen LogP contribution < -0.4 is 5.73 Å². The molecule has 5 heteroatoms. The summed E-state index contributed by atoms with van der Waals surface area (Å²) in [7, 11) is 0. The minimum Gasteiger partial charge on any atom is -0.370 e. The number of halogens is 1. The lowest BCUT2D eigenvalue weighted by molar-refractivity contribution is -0.131. The van der Waals surface area contributed by atoms with Crippen LogP contribution in [0.25, 0.3) is 0 Å². The molecule has 1 aromatic rings. The van der Waals surface area contributed by atoms with Crippen LogP contribution in [-0.4, -0.2) is 28.1 Å². The fourth-order valence-corrected chi connectivity index (χ4v) is 1.86. The third-order valence-electron chi connectivity index (χ3n) is 2.50. The molecule has 0 aliphatic carbocycles.